The molecule has 0 spiro atoms. The molecule has 1 aliphatic heterocycles. The Morgan fingerprint density at radius 2 is 2.00 bits per heavy atom. The molecule has 0 saturated carbocycles. The second-order valence-corrected chi connectivity index (χ2v) is 7.91. The quantitative estimate of drug-likeness (QED) is 0.647. The highest BCUT2D eigenvalue weighted by molar-refractivity contribution is 7.09. The molecule has 0 N–H and O–H groups in total. The van der Waals surface area contributed by atoms with E-state index in [1.54, 1.807) is 13.2 Å². The highest BCUT2D eigenvalue weighted by atomic mass is 32.1. The van der Waals surface area contributed by atoms with Crippen molar-refractivity contribution in [3.05, 3.63) is 71.5 Å². The smallest absolute Gasteiger partial charge is 0.254 e. The van der Waals surface area contributed by atoms with E-state index in [0.29, 0.717) is 17.9 Å². The van der Waals surface area contributed by atoms with Crippen LogP contribution in [0.5, 0.6) is 5.75 Å². The Kier molecular flexibility index (Phi) is 5.76. The van der Waals surface area contributed by atoms with Crippen LogP contribution < -0.4 is 9.64 Å². The third kappa shape index (κ3) is 4.40. The highest BCUT2D eigenvalue weighted by Crippen LogP contribution is 2.24. The van der Waals surface area contributed by atoms with Gasteiger partial charge in [-0.05, 0) is 30.7 Å². The van der Waals surface area contributed by atoms with Crippen molar-refractivity contribution in [3.63, 3.8) is 0 Å². The normalized spacial score (nSPS) is 16.7. The molecule has 7 heteroatoms. The zero-order chi connectivity index (χ0) is 20.2. The van der Waals surface area contributed by atoms with Crippen LogP contribution in [-0.4, -0.2) is 53.0 Å². The third-order valence-electron chi connectivity index (χ3n) is 5.14. The van der Waals surface area contributed by atoms with Crippen LogP contribution in [0.4, 0.5) is 5.13 Å². The van der Waals surface area contributed by atoms with Crippen molar-refractivity contribution < 1.29 is 9.53 Å². The second kappa shape index (κ2) is 8.61. The SMILES string of the molecule is COc1cccc(C(=O)N2CCN(c3nc(Cc4ccccc4)ns3)C[C@@H]2C)c1. The van der Waals surface area contributed by atoms with Crippen LogP contribution in [-0.2, 0) is 6.42 Å². The van der Waals surface area contributed by atoms with Crippen molar-refractivity contribution >= 4 is 22.6 Å². The van der Waals surface area contributed by atoms with Crippen molar-refractivity contribution in [1.82, 2.24) is 14.3 Å². The number of piperazine rings is 1. The largest absolute Gasteiger partial charge is 0.497 e. The fourth-order valence-corrected chi connectivity index (χ4v) is 4.30. The number of carbonyl (C=O) groups is 1. The predicted molar refractivity (Wildman–Crippen MR) is 115 cm³/mol. The molecule has 1 aromatic heterocycles. The maximum Gasteiger partial charge on any atom is 0.254 e. The first-order valence-electron chi connectivity index (χ1n) is 9.70. The molecule has 1 amide bonds. The molecule has 6 nitrogen and oxygen atoms in total. The Bertz CT molecular complexity index is 976. The second-order valence-electron chi connectivity index (χ2n) is 7.18. The molecule has 3 aromatic rings. The van der Waals surface area contributed by atoms with E-state index in [-0.39, 0.29) is 11.9 Å². The molecule has 2 heterocycles. The lowest BCUT2D eigenvalue weighted by molar-refractivity contribution is 0.0673. The molecule has 0 unspecified atom stereocenters. The van der Waals surface area contributed by atoms with E-state index in [1.807, 2.05) is 41.3 Å². The fraction of sp³-hybridized carbons (Fsp3) is 0.318. The van der Waals surface area contributed by atoms with Gasteiger partial charge in [0.15, 0.2) is 0 Å². The number of benzene rings is 2. The van der Waals surface area contributed by atoms with E-state index in [9.17, 15) is 4.79 Å². The van der Waals surface area contributed by atoms with Gasteiger partial charge in [-0.25, -0.2) is 4.98 Å². The molecular weight excluding hydrogens is 384 g/mol. The summed E-state index contributed by atoms with van der Waals surface area (Å²) in [6, 6.07) is 17.7. The fourth-order valence-electron chi connectivity index (χ4n) is 3.58. The average molecular weight is 409 g/mol. The maximum absolute atomic E-state index is 13.0. The Hall–Kier alpha value is -2.93. The van der Waals surface area contributed by atoms with Gasteiger partial charge < -0.3 is 14.5 Å². The van der Waals surface area contributed by atoms with Crippen molar-refractivity contribution in [2.24, 2.45) is 0 Å². The molecule has 0 radical (unpaired) electrons. The predicted octanol–water partition coefficient (Wildman–Crippen LogP) is 3.49. The van der Waals surface area contributed by atoms with Gasteiger partial charge in [0, 0.05) is 49.2 Å². The summed E-state index contributed by atoms with van der Waals surface area (Å²) in [7, 11) is 1.61. The van der Waals surface area contributed by atoms with Gasteiger partial charge in [0.05, 0.1) is 7.11 Å². The van der Waals surface area contributed by atoms with Crippen LogP contribution in [0.1, 0.15) is 28.7 Å². The monoisotopic (exact) mass is 408 g/mol. The van der Waals surface area contributed by atoms with Gasteiger partial charge in [-0.1, -0.05) is 36.4 Å². The van der Waals surface area contributed by atoms with Crippen molar-refractivity contribution in [2.45, 2.75) is 19.4 Å². The summed E-state index contributed by atoms with van der Waals surface area (Å²) in [6.07, 6.45) is 0.737. The Balaban J connectivity index is 1.40. The molecule has 1 aliphatic rings. The zero-order valence-corrected chi connectivity index (χ0v) is 17.4. The number of methoxy groups -OCH3 is 1. The lowest BCUT2D eigenvalue weighted by Crippen LogP contribution is -2.54. The minimum atomic E-state index is 0.0399. The number of nitrogens with zero attached hydrogens (tertiary/aromatic N) is 4. The van der Waals surface area contributed by atoms with E-state index >= 15 is 0 Å². The van der Waals surface area contributed by atoms with Crippen molar-refractivity contribution in [3.8, 4) is 5.75 Å². The summed E-state index contributed by atoms with van der Waals surface area (Å²) in [4.78, 5) is 21.8. The van der Waals surface area contributed by atoms with Crippen LogP contribution >= 0.6 is 11.5 Å². The Morgan fingerprint density at radius 3 is 2.76 bits per heavy atom. The number of aromatic nitrogens is 2. The average Bonchev–Trinajstić information content (AvgIpc) is 3.22. The molecule has 4 rings (SSSR count). The number of hydrogen-bond acceptors (Lipinski definition) is 6. The van der Waals surface area contributed by atoms with E-state index in [4.69, 9.17) is 9.72 Å². The topological polar surface area (TPSA) is 58.6 Å². The summed E-state index contributed by atoms with van der Waals surface area (Å²) >= 11 is 1.43. The van der Waals surface area contributed by atoms with Crippen LogP contribution in [0.15, 0.2) is 54.6 Å². The van der Waals surface area contributed by atoms with Gasteiger partial charge in [0.2, 0.25) is 5.13 Å². The van der Waals surface area contributed by atoms with Crippen molar-refractivity contribution in [1.29, 1.82) is 0 Å². The lowest BCUT2D eigenvalue weighted by Gasteiger charge is -2.39. The number of rotatable bonds is 5. The molecule has 29 heavy (non-hydrogen) atoms. The number of amides is 1. The van der Waals surface area contributed by atoms with Gasteiger partial charge in [-0.3, -0.25) is 4.79 Å². The van der Waals surface area contributed by atoms with Crippen LogP contribution in [0.3, 0.4) is 0 Å². The minimum Gasteiger partial charge on any atom is -0.497 e. The summed E-state index contributed by atoms with van der Waals surface area (Å²) in [5.74, 6) is 1.58. The van der Waals surface area contributed by atoms with Gasteiger partial charge in [0.25, 0.3) is 5.91 Å². The van der Waals surface area contributed by atoms with E-state index in [1.165, 1.54) is 17.1 Å². The van der Waals surface area contributed by atoms with Crippen LogP contribution in [0, 0.1) is 0 Å². The number of carbonyl (C=O) groups excluding carboxylic acids is 1. The van der Waals surface area contributed by atoms with Gasteiger partial charge in [-0.2, -0.15) is 4.37 Å². The highest BCUT2D eigenvalue weighted by Gasteiger charge is 2.29. The first-order chi connectivity index (χ1) is 14.1. The Labute approximate surface area is 174 Å². The van der Waals surface area contributed by atoms with Crippen LogP contribution in [0.2, 0.25) is 0 Å². The lowest BCUT2D eigenvalue weighted by atomic mass is 10.1. The van der Waals surface area contributed by atoms with E-state index in [2.05, 4.69) is 28.3 Å². The van der Waals surface area contributed by atoms with Gasteiger partial charge in [-0.15, -0.1) is 0 Å². The first kappa shape index (κ1) is 19.4. The van der Waals surface area contributed by atoms with Crippen LogP contribution in [0.25, 0.3) is 0 Å². The molecule has 1 atom stereocenters. The zero-order valence-electron chi connectivity index (χ0n) is 16.6. The third-order valence-corrected chi connectivity index (χ3v) is 5.95. The summed E-state index contributed by atoms with van der Waals surface area (Å²) in [5, 5.41) is 0.927. The van der Waals surface area contributed by atoms with Crippen molar-refractivity contribution in [2.75, 3.05) is 31.6 Å². The van der Waals surface area contributed by atoms with E-state index < -0.39 is 0 Å². The summed E-state index contributed by atoms with van der Waals surface area (Å²) in [5.41, 5.74) is 1.87. The summed E-state index contributed by atoms with van der Waals surface area (Å²) < 4.78 is 9.77. The molecule has 0 bridgehead atoms. The van der Waals surface area contributed by atoms with Gasteiger partial charge in [0.1, 0.15) is 11.6 Å². The Morgan fingerprint density at radius 1 is 1.17 bits per heavy atom. The standard InChI is InChI=1S/C22H24N4O2S/c1-16-15-25(22-23-20(24-29-22)13-17-7-4-3-5-8-17)11-12-26(16)21(27)18-9-6-10-19(14-18)28-2/h3-10,14,16H,11-13,15H2,1-2H3/t16-/m0/s1. The first-order valence-corrected chi connectivity index (χ1v) is 10.5. The molecule has 0 aliphatic carbocycles. The summed E-state index contributed by atoms with van der Waals surface area (Å²) in [6.45, 7) is 4.23. The minimum absolute atomic E-state index is 0.0399. The molecule has 150 valence electrons. The molecule has 1 saturated heterocycles. The number of anilines is 1. The molecule has 1 fully saturated rings. The number of hydrogen-bond donors (Lipinski definition) is 0. The molecule has 2 aromatic carbocycles. The maximum atomic E-state index is 13.0. The molecular formula is C22H24N4O2S. The van der Waals surface area contributed by atoms with Gasteiger partial charge >= 0.3 is 0 Å². The van der Waals surface area contributed by atoms with E-state index in [0.717, 1.165) is 30.5 Å². The number of ether oxygens (including phenoxy) is 1.